The number of hydrogen-bond acceptors (Lipinski definition) is 4. The van der Waals surface area contributed by atoms with E-state index < -0.39 is 0 Å². The van der Waals surface area contributed by atoms with E-state index in [0.717, 1.165) is 23.3 Å². The van der Waals surface area contributed by atoms with Crippen molar-refractivity contribution in [3.05, 3.63) is 0 Å². The lowest BCUT2D eigenvalue weighted by Crippen LogP contribution is -2.25. The fraction of sp³-hybridized carbons (Fsp3) is 0.900. The molecule has 0 spiro atoms. The van der Waals surface area contributed by atoms with Crippen LogP contribution in [0.2, 0.25) is 0 Å². The quantitative estimate of drug-likeness (QED) is 0.752. The number of aliphatic imine (C=N–C) groups is 1. The molecule has 3 rings (SSSR count). The van der Waals surface area contributed by atoms with E-state index in [4.69, 9.17) is 10.5 Å². The third-order valence-electron chi connectivity index (χ3n) is 3.26. The Morgan fingerprint density at radius 2 is 2.14 bits per heavy atom. The lowest BCUT2D eigenvalue weighted by Gasteiger charge is -2.20. The van der Waals surface area contributed by atoms with Gasteiger partial charge in [-0.15, -0.1) is 0 Å². The first kappa shape index (κ1) is 9.04. The van der Waals surface area contributed by atoms with Crippen molar-refractivity contribution in [2.75, 3.05) is 5.75 Å². The van der Waals surface area contributed by atoms with Crippen molar-refractivity contribution in [3.63, 3.8) is 0 Å². The van der Waals surface area contributed by atoms with Crippen molar-refractivity contribution in [1.82, 2.24) is 0 Å². The zero-order chi connectivity index (χ0) is 9.54. The Morgan fingerprint density at radius 1 is 1.29 bits per heavy atom. The van der Waals surface area contributed by atoms with Gasteiger partial charge in [-0.05, 0) is 31.6 Å². The number of nitrogens with zero attached hydrogens (tertiary/aromatic N) is 1. The number of hydrogen-bond donors (Lipinski definition) is 1. The van der Waals surface area contributed by atoms with Gasteiger partial charge in [0.05, 0.1) is 18.2 Å². The second-order valence-corrected chi connectivity index (χ2v) is 5.57. The van der Waals surface area contributed by atoms with Crippen LogP contribution < -0.4 is 5.73 Å². The summed E-state index contributed by atoms with van der Waals surface area (Å²) in [7, 11) is 0. The van der Waals surface area contributed by atoms with Gasteiger partial charge in [0.2, 0.25) is 0 Å². The van der Waals surface area contributed by atoms with Gasteiger partial charge in [-0.2, -0.15) is 0 Å². The Balaban J connectivity index is 1.62. The third-order valence-corrected chi connectivity index (χ3v) is 4.26. The SMILES string of the molecule is NC1=NC2CC(OC3CC3)C[C@H]2CS1. The molecule has 2 aliphatic carbocycles. The molecule has 3 nitrogen and oxygen atoms in total. The molecule has 2 N–H and O–H groups in total. The molecule has 1 heterocycles. The molecule has 78 valence electrons. The molecule has 0 radical (unpaired) electrons. The minimum Gasteiger partial charge on any atom is -0.379 e. The summed E-state index contributed by atoms with van der Waals surface area (Å²) < 4.78 is 5.93. The zero-order valence-corrected chi connectivity index (χ0v) is 9.00. The Morgan fingerprint density at radius 3 is 2.93 bits per heavy atom. The standard InChI is InChI=1S/C10H16N2OS/c11-10-12-9-4-8(13-7-1-2-7)3-6(9)5-14-10/h6-9H,1-5H2,(H2,11,12)/t6-,8?,9?/m0/s1. The van der Waals surface area contributed by atoms with Crippen LogP contribution in [0.3, 0.4) is 0 Å². The highest BCUT2D eigenvalue weighted by Gasteiger charge is 2.39. The molecule has 14 heavy (non-hydrogen) atoms. The van der Waals surface area contributed by atoms with E-state index in [9.17, 15) is 0 Å². The number of ether oxygens (including phenoxy) is 1. The highest BCUT2D eigenvalue weighted by atomic mass is 32.2. The lowest BCUT2D eigenvalue weighted by atomic mass is 10.1. The summed E-state index contributed by atoms with van der Waals surface area (Å²) in [6.07, 6.45) is 5.88. The molecule has 4 heteroatoms. The predicted molar refractivity (Wildman–Crippen MR) is 58.5 cm³/mol. The van der Waals surface area contributed by atoms with Crippen LogP contribution in [-0.2, 0) is 4.74 Å². The zero-order valence-electron chi connectivity index (χ0n) is 8.19. The first-order valence-corrected chi connectivity index (χ1v) is 6.41. The summed E-state index contributed by atoms with van der Waals surface area (Å²) >= 11 is 1.70. The number of fused-ring (bicyclic) bond motifs is 1. The second-order valence-electron chi connectivity index (χ2n) is 4.53. The van der Waals surface area contributed by atoms with Crippen LogP contribution in [0.15, 0.2) is 4.99 Å². The Kier molecular flexibility index (Phi) is 2.21. The average Bonchev–Trinajstić information content (AvgIpc) is 2.84. The first-order chi connectivity index (χ1) is 6.81. The third kappa shape index (κ3) is 1.77. The Labute approximate surface area is 88.5 Å². The number of rotatable bonds is 2. The molecule has 2 fully saturated rings. The number of nitrogens with two attached hydrogens (primary N) is 1. The van der Waals surface area contributed by atoms with E-state index in [1.807, 2.05) is 0 Å². The number of thioether (sulfide) groups is 1. The maximum absolute atomic E-state index is 5.93. The van der Waals surface area contributed by atoms with Crippen molar-refractivity contribution < 1.29 is 4.74 Å². The summed E-state index contributed by atoms with van der Waals surface area (Å²) in [5, 5.41) is 0.776. The van der Waals surface area contributed by atoms with Crippen LogP contribution in [0.5, 0.6) is 0 Å². The maximum Gasteiger partial charge on any atom is 0.154 e. The van der Waals surface area contributed by atoms with Gasteiger partial charge in [0, 0.05) is 5.75 Å². The molecular weight excluding hydrogens is 196 g/mol. The van der Waals surface area contributed by atoms with Crippen molar-refractivity contribution in [2.24, 2.45) is 16.6 Å². The van der Waals surface area contributed by atoms with Gasteiger partial charge in [-0.3, -0.25) is 4.99 Å². The van der Waals surface area contributed by atoms with E-state index >= 15 is 0 Å². The van der Waals surface area contributed by atoms with Crippen molar-refractivity contribution >= 4 is 16.9 Å². The van der Waals surface area contributed by atoms with Gasteiger partial charge >= 0.3 is 0 Å². The monoisotopic (exact) mass is 212 g/mol. The van der Waals surface area contributed by atoms with E-state index in [1.54, 1.807) is 11.8 Å². The summed E-state index contributed by atoms with van der Waals surface area (Å²) in [6, 6.07) is 0.458. The summed E-state index contributed by atoms with van der Waals surface area (Å²) in [5.41, 5.74) is 5.72. The molecule has 0 amide bonds. The molecule has 2 unspecified atom stereocenters. The van der Waals surface area contributed by atoms with Crippen LogP contribution in [0, 0.1) is 5.92 Å². The molecule has 0 aromatic carbocycles. The summed E-state index contributed by atoms with van der Waals surface area (Å²) in [5.74, 6) is 1.86. The molecule has 0 bridgehead atoms. The largest absolute Gasteiger partial charge is 0.379 e. The molecule has 0 aromatic rings. The smallest absolute Gasteiger partial charge is 0.154 e. The molecule has 3 atom stereocenters. The normalized spacial score (nSPS) is 42.0. The minimum absolute atomic E-state index is 0.458. The van der Waals surface area contributed by atoms with Gasteiger partial charge in [0.15, 0.2) is 5.17 Å². The first-order valence-electron chi connectivity index (χ1n) is 5.43. The van der Waals surface area contributed by atoms with Crippen molar-refractivity contribution in [3.8, 4) is 0 Å². The highest BCUT2D eigenvalue weighted by Crippen LogP contribution is 2.39. The molecule has 1 aliphatic heterocycles. The van der Waals surface area contributed by atoms with E-state index in [2.05, 4.69) is 4.99 Å². The van der Waals surface area contributed by atoms with Gasteiger partial charge in [0.1, 0.15) is 0 Å². The molecule has 2 saturated carbocycles. The fourth-order valence-electron chi connectivity index (χ4n) is 2.37. The minimum atomic E-state index is 0.458. The average molecular weight is 212 g/mol. The molecule has 0 aromatic heterocycles. The van der Waals surface area contributed by atoms with E-state index in [0.29, 0.717) is 18.2 Å². The molecule has 3 aliphatic rings. The topological polar surface area (TPSA) is 47.6 Å². The van der Waals surface area contributed by atoms with Gasteiger partial charge in [0.25, 0.3) is 0 Å². The van der Waals surface area contributed by atoms with Crippen LogP contribution in [0.4, 0.5) is 0 Å². The second kappa shape index (κ2) is 3.42. The van der Waals surface area contributed by atoms with Gasteiger partial charge in [-0.1, -0.05) is 11.8 Å². The Hall–Kier alpha value is -0.220. The van der Waals surface area contributed by atoms with Gasteiger partial charge < -0.3 is 10.5 Å². The lowest BCUT2D eigenvalue weighted by molar-refractivity contribution is 0.0425. The molecule has 0 saturated heterocycles. The van der Waals surface area contributed by atoms with Crippen molar-refractivity contribution in [1.29, 1.82) is 0 Å². The number of amidine groups is 1. The summed E-state index contributed by atoms with van der Waals surface area (Å²) in [4.78, 5) is 4.50. The fourth-order valence-corrected chi connectivity index (χ4v) is 3.32. The van der Waals surface area contributed by atoms with E-state index in [-0.39, 0.29) is 0 Å². The van der Waals surface area contributed by atoms with Crippen LogP contribution in [-0.4, -0.2) is 29.2 Å². The van der Waals surface area contributed by atoms with Crippen LogP contribution >= 0.6 is 11.8 Å². The highest BCUT2D eigenvalue weighted by molar-refractivity contribution is 8.13. The van der Waals surface area contributed by atoms with Gasteiger partial charge in [-0.25, -0.2) is 0 Å². The molecular formula is C10H16N2OS. The summed E-state index contributed by atoms with van der Waals surface area (Å²) in [6.45, 7) is 0. The Bertz CT molecular complexity index is 265. The van der Waals surface area contributed by atoms with Crippen LogP contribution in [0.1, 0.15) is 25.7 Å². The van der Waals surface area contributed by atoms with Crippen molar-refractivity contribution in [2.45, 2.75) is 43.9 Å². The predicted octanol–water partition coefficient (Wildman–Crippen LogP) is 1.37. The van der Waals surface area contributed by atoms with E-state index in [1.165, 1.54) is 19.3 Å². The van der Waals surface area contributed by atoms with Crippen LogP contribution in [0.25, 0.3) is 0 Å². The maximum atomic E-state index is 5.93.